The molecule has 0 spiro atoms. The summed E-state index contributed by atoms with van der Waals surface area (Å²) in [6.45, 7) is 14.2. The largest absolute Gasteiger partial charge is 0.472 e. The minimum Gasteiger partial charge on any atom is -0.462 e. The van der Waals surface area contributed by atoms with Crippen LogP contribution in [0.4, 0.5) is 0 Å². The van der Waals surface area contributed by atoms with Crippen LogP contribution < -0.4 is 0 Å². The zero-order chi connectivity index (χ0) is 73.8. The summed E-state index contributed by atoms with van der Waals surface area (Å²) >= 11 is 0. The zero-order valence-corrected chi connectivity index (χ0v) is 67.6. The molecule has 17 nitrogen and oxygen atoms in total. The van der Waals surface area contributed by atoms with E-state index in [2.05, 4.69) is 55.4 Å². The van der Waals surface area contributed by atoms with Crippen molar-refractivity contribution in [2.24, 2.45) is 23.7 Å². The molecular weight excluding hydrogens is 1310 g/mol. The van der Waals surface area contributed by atoms with E-state index < -0.39 is 97.5 Å². The number of hydrogen-bond donors (Lipinski definition) is 3. The molecule has 594 valence electrons. The van der Waals surface area contributed by atoms with Crippen molar-refractivity contribution in [2.45, 2.75) is 433 Å². The predicted octanol–water partition coefficient (Wildman–Crippen LogP) is 24.0. The second-order valence-electron chi connectivity index (χ2n) is 30.8. The van der Waals surface area contributed by atoms with Crippen molar-refractivity contribution >= 4 is 39.5 Å². The Morgan fingerprint density at radius 3 is 0.710 bits per heavy atom. The number of hydrogen-bond acceptors (Lipinski definition) is 15. The van der Waals surface area contributed by atoms with Gasteiger partial charge in [0, 0.05) is 25.7 Å². The van der Waals surface area contributed by atoms with Gasteiger partial charge in [0.05, 0.1) is 26.4 Å². The number of aliphatic hydroxyl groups excluding tert-OH is 1. The SMILES string of the molecule is CCC(C)CCCCCCCCCCC(=O)O[C@H](COC(=O)CCCCCCCCCC(C)C)COP(=O)(O)OCC(O)COP(=O)(O)OC[C@@H](COC(=O)CCCCCCCCCCCCCCCCCCC(C)C)OC(=O)CCCCCCCCCCCCCCCCCCC(C)C. The minimum atomic E-state index is -4.96. The van der Waals surface area contributed by atoms with Crippen LogP contribution in [0.1, 0.15) is 415 Å². The molecule has 100 heavy (non-hydrogen) atoms. The predicted molar refractivity (Wildman–Crippen MR) is 409 cm³/mol. The molecule has 0 aliphatic rings. The van der Waals surface area contributed by atoms with Crippen LogP contribution in [-0.4, -0.2) is 96.7 Å². The molecule has 0 rings (SSSR count). The Morgan fingerprint density at radius 2 is 0.480 bits per heavy atom. The van der Waals surface area contributed by atoms with E-state index in [1.165, 1.54) is 212 Å². The normalized spacial score (nSPS) is 14.3. The first-order valence-corrected chi connectivity index (χ1v) is 44.7. The van der Waals surface area contributed by atoms with Crippen LogP contribution in [0.15, 0.2) is 0 Å². The number of esters is 4. The van der Waals surface area contributed by atoms with Crippen molar-refractivity contribution in [3.05, 3.63) is 0 Å². The first-order valence-electron chi connectivity index (χ1n) is 41.7. The van der Waals surface area contributed by atoms with Gasteiger partial charge in [-0.15, -0.1) is 0 Å². The lowest BCUT2D eigenvalue weighted by atomic mass is 9.99. The van der Waals surface area contributed by atoms with Gasteiger partial charge in [-0.3, -0.25) is 37.3 Å². The van der Waals surface area contributed by atoms with Crippen LogP contribution in [0.2, 0.25) is 0 Å². The summed E-state index contributed by atoms with van der Waals surface area (Å²) in [5.74, 6) is 0.980. The van der Waals surface area contributed by atoms with E-state index >= 15 is 0 Å². The maximum Gasteiger partial charge on any atom is 0.472 e. The molecule has 0 heterocycles. The number of carbonyl (C=O) groups is 4. The van der Waals surface area contributed by atoms with Gasteiger partial charge in [0.25, 0.3) is 0 Å². The summed E-state index contributed by atoms with van der Waals surface area (Å²) in [6.07, 6.45) is 57.0. The highest BCUT2D eigenvalue weighted by molar-refractivity contribution is 7.47. The van der Waals surface area contributed by atoms with E-state index in [1.807, 2.05) is 0 Å². The Kier molecular flexibility index (Phi) is 68.7. The van der Waals surface area contributed by atoms with Crippen molar-refractivity contribution in [1.29, 1.82) is 0 Å². The number of rotatable bonds is 78. The molecular formula is C81H158O17P2. The third-order valence-electron chi connectivity index (χ3n) is 19.2. The summed E-state index contributed by atoms with van der Waals surface area (Å²) < 4.78 is 68.7. The van der Waals surface area contributed by atoms with Crippen LogP contribution in [-0.2, 0) is 65.4 Å². The van der Waals surface area contributed by atoms with E-state index in [0.29, 0.717) is 31.6 Å². The first kappa shape index (κ1) is 98.1. The Morgan fingerprint density at radius 1 is 0.280 bits per heavy atom. The van der Waals surface area contributed by atoms with Gasteiger partial charge in [0.2, 0.25) is 0 Å². The molecule has 3 N–H and O–H groups in total. The van der Waals surface area contributed by atoms with Gasteiger partial charge in [-0.05, 0) is 49.4 Å². The van der Waals surface area contributed by atoms with Gasteiger partial charge >= 0.3 is 39.5 Å². The smallest absolute Gasteiger partial charge is 0.462 e. The molecule has 0 aromatic carbocycles. The van der Waals surface area contributed by atoms with Crippen LogP contribution in [0.5, 0.6) is 0 Å². The average molecular weight is 1470 g/mol. The number of carbonyl (C=O) groups excluding carboxylic acids is 4. The van der Waals surface area contributed by atoms with Crippen LogP contribution in [0.3, 0.4) is 0 Å². The van der Waals surface area contributed by atoms with Crippen molar-refractivity contribution in [3.63, 3.8) is 0 Å². The lowest BCUT2D eigenvalue weighted by Crippen LogP contribution is -2.30. The fraction of sp³-hybridized carbons (Fsp3) is 0.951. The standard InChI is InChI=1S/C81H158O17P2/c1-9-74(8)60-52-44-36-30-31-39-48-56-64-81(86)98-77(68-92-79(84)62-54-46-40-32-35-43-51-59-73(6)7)70-96-100(89,90)94-66-75(82)65-93-99(87,88)95-69-76(97-80(85)63-55-47-38-29-25-21-17-13-11-15-19-23-27-34-42-50-58-72(4)5)67-91-78(83)61-53-45-37-28-24-20-16-12-10-14-18-22-26-33-41-49-57-71(2)3/h71-77,82H,9-70H2,1-8H3,(H,87,88)(H,89,90)/t74?,75?,76-,77-/m1/s1. The summed E-state index contributed by atoms with van der Waals surface area (Å²) in [6, 6.07) is 0. The maximum absolute atomic E-state index is 13.1. The minimum absolute atomic E-state index is 0.104. The molecule has 0 aliphatic carbocycles. The van der Waals surface area contributed by atoms with Crippen molar-refractivity contribution in [2.75, 3.05) is 39.6 Å². The third-order valence-corrected chi connectivity index (χ3v) is 21.1. The van der Waals surface area contributed by atoms with E-state index in [1.54, 1.807) is 0 Å². The van der Waals surface area contributed by atoms with E-state index in [9.17, 15) is 43.2 Å². The maximum atomic E-state index is 13.1. The van der Waals surface area contributed by atoms with Crippen LogP contribution in [0, 0.1) is 23.7 Å². The summed E-state index contributed by atoms with van der Waals surface area (Å²) in [5.41, 5.74) is 0. The van der Waals surface area contributed by atoms with Crippen molar-refractivity contribution in [3.8, 4) is 0 Å². The Hall–Kier alpha value is -1.94. The highest BCUT2D eigenvalue weighted by Gasteiger charge is 2.30. The monoisotopic (exact) mass is 1470 g/mol. The summed E-state index contributed by atoms with van der Waals surface area (Å²) in [5, 5.41) is 10.6. The quantitative estimate of drug-likeness (QED) is 0.0222. The van der Waals surface area contributed by atoms with Gasteiger partial charge in [-0.25, -0.2) is 9.13 Å². The van der Waals surface area contributed by atoms with Gasteiger partial charge in [-0.2, -0.15) is 0 Å². The zero-order valence-electron chi connectivity index (χ0n) is 65.8. The highest BCUT2D eigenvalue weighted by atomic mass is 31.2. The Bertz CT molecular complexity index is 1960. The number of aliphatic hydroxyl groups is 1. The molecule has 19 heteroatoms. The molecule has 0 aromatic heterocycles. The van der Waals surface area contributed by atoms with Crippen LogP contribution in [0.25, 0.3) is 0 Å². The number of ether oxygens (including phenoxy) is 4. The molecule has 0 saturated heterocycles. The molecule has 0 fully saturated rings. The molecule has 0 amide bonds. The Balaban J connectivity index is 5.23. The molecule has 4 unspecified atom stereocenters. The number of phosphoric ester groups is 2. The summed E-state index contributed by atoms with van der Waals surface area (Å²) in [4.78, 5) is 73.0. The van der Waals surface area contributed by atoms with E-state index in [-0.39, 0.29) is 25.7 Å². The van der Waals surface area contributed by atoms with E-state index in [4.69, 9.17) is 37.0 Å². The topological polar surface area (TPSA) is 237 Å². The molecule has 0 aliphatic heterocycles. The van der Waals surface area contributed by atoms with Gasteiger partial charge in [0.15, 0.2) is 12.2 Å². The second-order valence-corrected chi connectivity index (χ2v) is 33.7. The lowest BCUT2D eigenvalue weighted by molar-refractivity contribution is -0.161. The molecule has 6 atom stereocenters. The van der Waals surface area contributed by atoms with Crippen LogP contribution >= 0.6 is 15.6 Å². The molecule has 0 radical (unpaired) electrons. The summed E-state index contributed by atoms with van der Waals surface area (Å²) in [7, 11) is -9.92. The van der Waals surface area contributed by atoms with Gasteiger partial charge in [-0.1, -0.05) is 364 Å². The molecule has 0 bridgehead atoms. The highest BCUT2D eigenvalue weighted by Crippen LogP contribution is 2.45. The van der Waals surface area contributed by atoms with Gasteiger partial charge in [0.1, 0.15) is 19.3 Å². The lowest BCUT2D eigenvalue weighted by Gasteiger charge is -2.21. The fourth-order valence-electron chi connectivity index (χ4n) is 12.4. The molecule has 0 aromatic rings. The number of unbranched alkanes of at least 4 members (excludes halogenated alkanes) is 43. The van der Waals surface area contributed by atoms with Gasteiger partial charge < -0.3 is 33.8 Å². The average Bonchev–Trinajstić information content (AvgIpc) is 0.980. The number of phosphoric acid groups is 2. The third kappa shape index (κ3) is 73.0. The van der Waals surface area contributed by atoms with Crippen molar-refractivity contribution < 1.29 is 80.2 Å². The fourth-order valence-corrected chi connectivity index (χ4v) is 14.0. The Labute approximate surface area is 613 Å². The first-order chi connectivity index (χ1) is 48.1. The van der Waals surface area contributed by atoms with E-state index in [0.717, 1.165) is 114 Å². The van der Waals surface area contributed by atoms with Crippen molar-refractivity contribution in [1.82, 2.24) is 0 Å². The molecule has 0 saturated carbocycles. The second kappa shape index (κ2) is 70.1.